The van der Waals surface area contributed by atoms with Crippen LogP contribution in [0.15, 0.2) is 23.0 Å². The van der Waals surface area contributed by atoms with Gasteiger partial charge in [0, 0.05) is 18.0 Å². The minimum absolute atomic E-state index is 0.181. The number of benzene rings is 1. The summed E-state index contributed by atoms with van der Waals surface area (Å²) in [5.74, 6) is 0.467. The molecule has 0 aliphatic heterocycles. The largest absolute Gasteiger partial charge is 0.346 e. The van der Waals surface area contributed by atoms with E-state index in [1.165, 1.54) is 4.57 Å². The van der Waals surface area contributed by atoms with E-state index in [9.17, 15) is 9.59 Å². The van der Waals surface area contributed by atoms with Gasteiger partial charge in [0.25, 0.3) is 5.56 Å². The van der Waals surface area contributed by atoms with E-state index in [0.717, 1.165) is 0 Å². The summed E-state index contributed by atoms with van der Waals surface area (Å²) in [5, 5.41) is 3.85. The lowest BCUT2D eigenvalue weighted by atomic mass is 9.95. The van der Waals surface area contributed by atoms with E-state index in [1.54, 1.807) is 46.0 Å². The van der Waals surface area contributed by atoms with Crippen LogP contribution in [-0.4, -0.2) is 21.3 Å². The Bertz CT molecular complexity index is 815. The molecule has 1 aromatic carbocycles. The average Bonchev–Trinajstić information content (AvgIpc) is 2.50. The zero-order chi connectivity index (χ0) is 17.4. The molecule has 0 unspecified atom stereocenters. The van der Waals surface area contributed by atoms with Crippen molar-refractivity contribution in [1.82, 2.24) is 14.9 Å². The van der Waals surface area contributed by atoms with Crippen LogP contribution in [0.1, 0.15) is 32.6 Å². The zero-order valence-electron chi connectivity index (χ0n) is 13.5. The highest BCUT2D eigenvalue weighted by Gasteiger charge is 2.28. The van der Waals surface area contributed by atoms with Crippen molar-refractivity contribution in [3.8, 4) is 0 Å². The highest BCUT2D eigenvalue weighted by atomic mass is 35.5. The monoisotopic (exact) mass is 355 g/mol. The number of nitrogens with zero attached hydrogens (tertiary/aromatic N) is 2. The number of carbonyl (C=O) groups is 1. The predicted molar refractivity (Wildman–Crippen MR) is 93.1 cm³/mol. The zero-order valence-corrected chi connectivity index (χ0v) is 15.0. The first-order chi connectivity index (χ1) is 10.7. The molecule has 2 rings (SSSR count). The Morgan fingerprint density at radius 1 is 1.43 bits per heavy atom. The summed E-state index contributed by atoms with van der Waals surface area (Å²) in [6, 6.07) is 4.50. The third-order valence-corrected chi connectivity index (χ3v) is 4.66. The van der Waals surface area contributed by atoms with E-state index < -0.39 is 11.5 Å². The van der Waals surface area contributed by atoms with Gasteiger partial charge in [-0.05, 0) is 39.0 Å². The SMILES string of the molecule is C[C@@H](NC(=O)C(C)(C)CCl)c1nc2cc(Cl)ccc2c(=O)n1C. The lowest BCUT2D eigenvalue weighted by molar-refractivity contribution is -0.129. The van der Waals surface area contributed by atoms with Crippen molar-refractivity contribution >= 4 is 40.0 Å². The number of hydrogen-bond donors (Lipinski definition) is 1. The van der Waals surface area contributed by atoms with E-state index in [4.69, 9.17) is 23.2 Å². The first-order valence-electron chi connectivity index (χ1n) is 7.20. The molecule has 1 amide bonds. The second-order valence-electron chi connectivity index (χ2n) is 6.21. The van der Waals surface area contributed by atoms with E-state index >= 15 is 0 Å². The lowest BCUT2D eigenvalue weighted by Crippen LogP contribution is -2.41. The van der Waals surface area contributed by atoms with Crippen molar-refractivity contribution in [2.24, 2.45) is 12.5 Å². The number of halogens is 2. The Hall–Kier alpha value is -1.59. The lowest BCUT2D eigenvalue weighted by Gasteiger charge is -2.24. The smallest absolute Gasteiger partial charge is 0.261 e. The van der Waals surface area contributed by atoms with Crippen molar-refractivity contribution in [2.45, 2.75) is 26.8 Å². The third-order valence-electron chi connectivity index (χ3n) is 3.76. The number of hydrogen-bond acceptors (Lipinski definition) is 3. The molecule has 0 saturated carbocycles. The molecule has 5 nitrogen and oxygen atoms in total. The molecule has 2 aromatic rings. The summed E-state index contributed by atoms with van der Waals surface area (Å²) < 4.78 is 1.44. The molecular weight excluding hydrogens is 337 g/mol. The highest BCUT2D eigenvalue weighted by Crippen LogP contribution is 2.21. The van der Waals surface area contributed by atoms with Gasteiger partial charge in [0.05, 0.1) is 22.4 Å². The van der Waals surface area contributed by atoms with Crippen LogP contribution in [0.2, 0.25) is 5.02 Å². The van der Waals surface area contributed by atoms with Crippen molar-refractivity contribution in [2.75, 3.05) is 5.88 Å². The number of fused-ring (bicyclic) bond motifs is 1. The molecule has 0 radical (unpaired) electrons. The van der Waals surface area contributed by atoms with Crippen LogP contribution < -0.4 is 10.9 Å². The van der Waals surface area contributed by atoms with Gasteiger partial charge >= 0.3 is 0 Å². The molecule has 1 N–H and O–H groups in total. The minimum Gasteiger partial charge on any atom is -0.346 e. The Morgan fingerprint density at radius 3 is 2.70 bits per heavy atom. The highest BCUT2D eigenvalue weighted by molar-refractivity contribution is 6.31. The number of amides is 1. The Kier molecular flexibility index (Phi) is 5.01. The number of rotatable bonds is 4. The molecule has 124 valence electrons. The number of nitrogens with one attached hydrogen (secondary N) is 1. The molecule has 1 aromatic heterocycles. The summed E-state index contributed by atoms with van der Waals surface area (Å²) in [7, 11) is 1.63. The first-order valence-corrected chi connectivity index (χ1v) is 8.11. The molecule has 0 aliphatic carbocycles. The van der Waals surface area contributed by atoms with Gasteiger partial charge in [-0.25, -0.2) is 4.98 Å². The number of carbonyl (C=O) groups excluding carboxylic acids is 1. The fraction of sp³-hybridized carbons (Fsp3) is 0.438. The molecule has 0 fully saturated rings. The summed E-state index contributed by atoms with van der Waals surface area (Å²) in [6.07, 6.45) is 0. The fourth-order valence-corrected chi connectivity index (χ4v) is 2.45. The quantitative estimate of drug-likeness (QED) is 0.857. The predicted octanol–water partition coefficient (Wildman–Crippen LogP) is 3.03. The second-order valence-corrected chi connectivity index (χ2v) is 6.91. The van der Waals surface area contributed by atoms with Gasteiger partial charge in [-0.1, -0.05) is 11.6 Å². The van der Waals surface area contributed by atoms with Gasteiger partial charge in [0.1, 0.15) is 5.82 Å². The van der Waals surface area contributed by atoms with Crippen LogP contribution in [-0.2, 0) is 11.8 Å². The van der Waals surface area contributed by atoms with Crippen LogP contribution in [0, 0.1) is 5.41 Å². The van der Waals surface area contributed by atoms with Gasteiger partial charge in [0.2, 0.25) is 5.91 Å². The second kappa shape index (κ2) is 6.49. The van der Waals surface area contributed by atoms with Crippen LogP contribution in [0.4, 0.5) is 0 Å². The standard InChI is InChI=1S/C16H19Cl2N3O2/c1-9(19-15(23)16(2,3)8-17)13-20-12-7-10(18)5-6-11(12)14(22)21(13)4/h5-7,9H,8H2,1-4H3,(H,19,23)/t9-/m1/s1. The maximum Gasteiger partial charge on any atom is 0.261 e. The molecule has 0 saturated heterocycles. The number of alkyl halides is 1. The molecule has 0 bridgehead atoms. The van der Waals surface area contributed by atoms with Gasteiger partial charge in [-0.15, -0.1) is 11.6 Å². The van der Waals surface area contributed by atoms with E-state index in [2.05, 4.69) is 10.3 Å². The molecule has 0 spiro atoms. The Labute approximate surface area is 144 Å². The maximum atomic E-state index is 12.4. The van der Waals surface area contributed by atoms with Gasteiger partial charge in [-0.3, -0.25) is 14.2 Å². The first kappa shape index (κ1) is 17.8. The maximum absolute atomic E-state index is 12.4. The summed E-state index contributed by atoms with van der Waals surface area (Å²) in [5.41, 5.74) is -0.373. The van der Waals surface area contributed by atoms with E-state index in [-0.39, 0.29) is 17.3 Å². The fourth-order valence-electron chi connectivity index (χ4n) is 2.17. The van der Waals surface area contributed by atoms with Crippen LogP contribution in [0.25, 0.3) is 10.9 Å². The van der Waals surface area contributed by atoms with Crippen molar-refractivity contribution in [3.05, 3.63) is 39.4 Å². The summed E-state index contributed by atoms with van der Waals surface area (Å²) in [4.78, 5) is 29.2. The van der Waals surface area contributed by atoms with Gasteiger partial charge in [0.15, 0.2) is 0 Å². The summed E-state index contributed by atoms with van der Waals surface area (Å²) in [6.45, 7) is 5.30. The van der Waals surface area contributed by atoms with Crippen LogP contribution in [0.5, 0.6) is 0 Å². The number of aromatic nitrogens is 2. The van der Waals surface area contributed by atoms with E-state index in [1.807, 2.05) is 0 Å². The Morgan fingerprint density at radius 2 is 2.09 bits per heavy atom. The third kappa shape index (κ3) is 3.51. The molecule has 7 heteroatoms. The average molecular weight is 356 g/mol. The van der Waals surface area contributed by atoms with Crippen molar-refractivity contribution in [3.63, 3.8) is 0 Å². The minimum atomic E-state index is -0.700. The topological polar surface area (TPSA) is 64.0 Å². The molecule has 1 heterocycles. The normalized spacial score (nSPS) is 13.1. The van der Waals surface area contributed by atoms with Crippen LogP contribution >= 0.6 is 23.2 Å². The molecule has 23 heavy (non-hydrogen) atoms. The van der Waals surface area contributed by atoms with E-state index in [0.29, 0.717) is 21.7 Å². The van der Waals surface area contributed by atoms with Gasteiger partial charge in [-0.2, -0.15) is 0 Å². The van der Waals surface area contributed by atoms with Crippen LogP contribution in [0.3, 0.4) is 0 Å². The molecular formula is C16H19Cl2N3O2. The molecule has 1 atom stereocenters. The Balaban J connectivity index is 2.45. The van der Waals surface area contributed by atoms with Crippen molar-refractivity contribution < 1.29 is 4.79 Å². The molecule has 0 aliphatic rings. The van der Waals surface area contributed by atoms with Gasteiger partial charge < -0.3 is 5.32 Å². The summed E-state index contributed by atoms with van der Waals surface area (Å²) >= 11 is 11.8. The van der Waals surface area contributed by atoms with Crippen molar-refractivity contribution in [1.29, 1.82) is 0 Å².